The molecule has 6 nitrogen and oxygen atoms in total. The van der Waals surface area contributed by atoms with E-state index in [1.54, 1.807) is 0 Å². The van der Waals surface area contributed by atoms with Crippen LogP contribution in [0.2, 0.25) is 0 Å². The Morgan fingerprint density at radius 1 is 1.39 bits per heavy atom. The first-order valence-corrected chi connectivity index (χ1v) is 7.38. The lowest BCUT2D eigenvalue weighted by Crippen LogP contribution is -2.46. The van der Waals surface area contributed by atoms with Gasteiger partial charge in [-0.25, -0.2) is 0 Å². The fourth-order valence-corrected chi connectivity index (χ4v) is 2.73. The number of likely N-dealkylation sites (N-methyl/N-ethyl adjacent to an activating group) is 1. The van der Waals surface area contributed by atoms with Gasteiger partial charge < -0.3 is 9.80 Å². The number of carbonyl (C=O) groups excluding carboxylic acids is 1. The summed E-state index contributed by atoms with van der Waals surface area (Å²) < 4.78 is 31.3. The second kappa shape index (κ2) is 6.42. The maximum atomic E-state index is 11.4. The summed E-state index contributed by atoms with van der Waals surface area (Å²) in [5.41, 5.74) is 0. The average molecular weight is 276 g/mol. The first kappa shape index (κ1) is 15.3. The Hall–Kier alpha value is -0.760. The molecule has 0 aliphatic carbocycles. The largest absolute Gasteiger partial charge is 0.304 e. The number of rotatable bonds is 6. The number of hydrogen-bond acceptors (Lipinski definition) is 5. The number of allylic oxidation sites excluding steroid dienone is 1. The van der Waals surface area contributed by atoms with Crippen molar-refractivity contribution in [2.45, 2.75) is 11.7 Å². The minimum atomic E-state index is -4.35. The fraction of sp³-hybridized carbons (Fsp3) is 0.727. The number of piperazine rings is 1. The molecule has 1 atom stereocenters. The molecule has 1 heterocycles. The van der Waals surface area contributed by atoms with Crippen LogP contribution in [0.25, 0.3) is 0 Å². The molecule has 0 bridgehead atoms. The summed E-state index contributed by atoms with van der Waals surface area (Å²) in [6.45, 7) is 7.27. The van der Waals surface area contributed by atoms with Crippen molar-refractivity contribution in [1.29, 1.82) is 0 Å². The molecule has 0 saturated carbocycles. The van der Waals surface area contributed by atoms with Crippen LogP contribution in [0, 0.1) is 0 Å². The van der Waals surface area contributed by atoms with Gasteiger partial charge in [-0.1, -0.05) is 6.58 Å². The molecule has 7 heteroatoms. The van der Waals surface area contributed by atoms with Gasteiger partial charge in [-0.15, -0.1) is 0 Å². The molecule has 104 valence electrons. The number of ketones is 1. The van der Waals surface area contributed by atoms with Crippen molar-refractivity contribution in [3.63, 3.8) is 0 Å². The van der Waals surface area contributed by atoms with E-state index in [4.69, 9.17) is 4.55 Å². The van der Waals surface area contributed by atoms with Gasteiger partial charge in [0.25, 0.3) is 10.1 Å². The van der Waals surface area contributed by atoms with Gasteiger partial charge in [0.1, 0.15) is 5.25 Å². The van der Waals surface area contributed by atoms with Crippen molar-refractivity contribution >= 4 is 15.9 Å². The van der Waals surface area contributed by atoms with Gasteiger partial charge >= 0.3 is 0 Å². The molecular formula is C11H20N2O4S. The van der Waals surface area contributed by atoms with Crippen molar-refractivity contribution in [2.24, 2.45) is 0 Å². The third-order valence-electron chi connectivity index (χ3n) is 3.18. The van der Waals surface area contributed by atoms with Gasteiger partial charge in [0.2, 0.25) is 0 Å². The molecule has 0 radical (unpaired) electrons. The van der Waals surface area contributed by atoms with E-state index in [2.05, 4.69) is 16.4 Å². The third kappa shape index (κ3) is 4.49. The van der Waals surface area contributed by atoms with E-state index in [1.165, 1.54) is 0 Å². The van der Waals surface area contributed by atoms with Crippen LogP contribution in [0.15, 0.2) is 12.7 Å². The van der Waals surface area contributed by atoms with Crippen LogP contribution < -0.4 is 0 Å². The molecule has 1 saturated heterocycles. The monoisotopic (exact) mass is 276 g/mol. The van der Waals surface area contributed by atoms with Gasteiger partial charge in [0.15, 0.2) is 5.78 Å². The lowest BCUT2D eigenvalue weighted by molar-refractivity contribution is -0.114. The Morgan fingerprint density at radius 3 is 2.39 bits per heavy atom. The standard InChI is InChI=1S/C11H20N2O4S/c1-3-10(14)11(18(15,16)17)4-5-13-8-6-12(2)7-9-13/h3,11H,1,4-9H2,2H3,(H,15,16,17). The van der Waals surface area contributed by atoms with Crippen LogP contribution in [-0.2, 0) is 14.9 Å². The maximum absolute atomic E-state index is 11.4. The SMILES string of the molecule is C=CC(=O)C(CCN1CCN(C)CC1)S(=O)(=O)O. The summed E-state index contributed by atoms with van der Waals surface area (Å²) in [4.78, 5) is 15.7. The lowest BCUT2D eigenvalue weighted by Gasteiger charge is -2.32. The summed E-state index contributed by atoms with van der Waals surface area (Å²) in [6.07, 6.45) is 1.05. The highest BCUT2D eigenvalue weighted by Gasteiger charge is 2.29. The van der Waals surface area contributed by atoms with Crippen LogP contribution in [0.3, 0.4) is 0 Å². The van der Waals surface area contributed by atoms with Crippen molar-refractivity contribution < 1.29 is 17.8 Å². The Morgan fingerprint density at radius 2 is 1.94 bits per heavy atom. The van der Waals surface area contributed by atoms with E-state index in [-0.39, 0.29) is 6.42 Å². The normalized spacial score (nSPS) is 20.6. The average Bonchev–Trinajstić information content (AvgIpc) is 2.29. The Balaban J connectivity index is 2.53. The Kier molecular flexibility index (Phi) is 5.46. The summed E-state index contributed by atoms with van der Waals surface area (Å²) in [5.74, 6) is -0.647. The van der Waals surface area contributed by atoms with Crippen LogP contribution in [0.1, 0.15) is 6.42 Å². The van der Waals surface area contributed by atoms with Crippen molar-refractivity contribution in [1.82, 2.24) is 9.80 Å². The van der Waals surface area contributed by atoms with Crippen LogP contribution in [-0.4, -0.2) is 73.6 Å². The van der Waals surface area contributed by atoms with Crippen molar-refractivity contribution in [3.8, 4) is 0 Å². The van der Waals surface area contributed by atoms with Gasteiger partial charge in [-0.05, 0) is 19.5 Å². The van der Waals surface area contributed by atoms with Gasteiger partial charge in [-0.2, -0.15) is 8.42 Å². The zero-order valence-corrected chi connectivity index (χ0v) is 11.4. The van der Waals surface area contributed by atoms with E-state index < -0.39 is 21.2 Å². The number of carbonyl (C=O) groups is 1. The molecule has 0 amide bonds. The van der Waals surface area contributed by atoms with Crippen molar-refractivity contribution in [2.75, 3.05) is 39.8 Å². The smallest absolute Gasteiger partial charge is 0.275 e. The molecule has 1 N–H and O–H groups in total. The second-order valence-electron chi connectivity index (χ2n) is 4.54. The van der Waals surface area contributed by atoms with Gasteiger partial charge in [0, 0.05) is 32.7 Å². The van der Waals surface area contributed by atoms with Crippen molar-refractivity contribution in [3.05, 3.63) is 12.7 Å². The van der Waals surface area contributed by atoms with Crippen LogP contribution in [0.4, 0.5) is 0 Å². The highest BCUT2D eigenvalue weighted by molar-refractivity contribution is 7.87. The van der Waals surface area contributed by atoms with E-state index in [0.717, 1.165) is 32.3 Å². The molecule has 1 rings (SSSR count). The summed E-state index contributed by atoms with van der Waals surface area (Å²) >= 11 is 0. The molecule has 18 heavy (non-hydrogen) atoms. The summed E-state index contributed by atoms with van der Waals surface area (Å²) in [5, 5.41) is -1.38. The quantitative estimate of drug-likeness (QED) is 0.527. The highest BCUT2D eigenvalue weighted by Crippen LogP contribution is 2.09. The molecule has 0 aromatic rings. The third-order valence-corrected chi connectivity index (χ3v) is 4.37. The second-order valence-corrected chi connectivity index (χ2v) is 6.14. The highest BCUT2D eigenvalue weighted by atomic mass is 32.2. The predicted molar refractivity (Wildman–Crippen MR) is 69.1 cm³/mol. The zero-order chi connectivity index (χ0) is 13.8. The van der Waals surface area contributed by atoms with Crippen LogP contribution in [0.5, 0.6) is 0 Å². The van der Waals surface area contributed by atoms with E-state index in [0.29, 0.717) is 6.54 Å². The Labute approximate surface area is 108 Å². The van der Waals surface area contributed by atoms with Gasteiger partial charge in [-0.3, -0.25) is 9.35 Å². The molecule has 0 aromatic heterocycles. The van der Waals surface area contributed by atoms with Crippen LogP contribution >= 0.6 is 0 Å². The predicted octanol–water partition coefficient (Wildman–Crippen LogP) is -0.365. The molecule has 1 unspecified atom stereocenters. The minimum absolute atomic E-state index is 0.105. The lowest BCUT2D eigenvalue weighted by atomic mass is 10.2. The molecule has 0 aromatic carbocycles. The van der Waals surface area contributed by atoms with E-state index in [1.807, 2.05) is 7.05 Å². The first-order chi connectivity index (χ1) is 8.34. The number of nitrogens with zero attached hydrogens (tertiary/aromatic N) is 2. The first-order valence-electron chi connectivity index (χ1n) is 5.88. The summed E-state index contributed by atoms with van der Waals surface area (Å²) in [6, 6.07) is 0. The summed E-state index contributed by atoms with van der Waals surface area (Å²) in [7, 11) is -2.32. The maximum Gasteiger partial charge on any atom is 0.275 e. The molecule has 1 aliphatic rings. The van der Waals surface area contributed by atoms with Gasteiger partial charge in [0.05, 0.1) is 0 Å². The molecule has 1 fully saturated rings. The number of hydrogen-bond donors (Lipinski definition) is 1. The Bertz CT molecular complexity index is 399. The molecule has 0 spiro atoms. The zero-order valence-electron chi connectivity index (χ0n) is 10.6. The topological polar surface area (TPSA) is 77.9 Å². The molecule has 1 aliphatic heterocycles. The minimum Gasteiger partial charge on any atom is -0.304 e. The van der Waals surface area contributed by atoms with E-state index in [9.17, 15) is 13.2 Å². The molecular weight excluding hydrogens is 256 g/mol. The fourth-order valence-electron chi connectivity index (χ4n) is 1.94. The van der Waals surface area contributed by atoms with E-state index >= 15 is 0 Å².